The molecule has 1 aliphatic rings. The van der Waals surface area contributed by atoms with Crippen LogP contribution in [0.5, 0.6) is 0 Å². The summed E-state index contributed by atoms with van der Waals surface area (Å²) in [6.07, 6.45) is 0. The van der Waals surface area contributed by atoms with Crippen LogP contribution in [0.1, 0.15) is 13.8 Å². The molecule has 1 radical (unpaired) electrons. The predicted octanol–water partition coefficient (Wildman–Crippen LogP) is 2.45. The van der Waals surface area contributed by atoms with E-state index in [2.05, 4.69) is 42.3 Å². The Morgan fingerprint density at radius 2 is 2.00 bits per heavy atom. The van der Waals surface area contributed by atoms with E-state index in [0.717, 1.165) is 0 Å². The largest absolute Gasteiger partial charge is 0.360 e. The number of nitrogens with one attached hydrogen (secondary N) is 1. The molecule has 1 aliphatic heterocycles. The lowest BCUT2D eigenvalue weighted by molar-refractivity contribution is 0.767. The first-order valence-electron chi connectivity index (χ1n) is 4.26. The van der Waals surface area contributed by atoms with Crippen LogP contribution >= 0.6 is 0 Å². The fourth-order valence-electron chi connectivity index (χ4n) is 1.46. The molecule has 12 heavy (non-hydrogen) atoms. The second-order valence-electron chi connectivity index (χ2n) is 3.29. The molecule has 0 amide bonds. The highest BCUT2D eigenvalue weighted by atomic mass is 15.3. The molecular weight excluding hydrogens is 148 g/mol. The number of hydrogen-bond donors (Lipinski definition) is 1. The van der Waals surface area contributed by atoms with Crippen molar-refractivity contribution < 1.29 is 0 Å². The Hall–Kier alpha value is -1.18. The molecule has 2 rings (SSSR count). The van der Waals surface area contributed by atoms with Gasteiger partial charge in [0.1, 0.15) is 6.67 Å². The zero-order chi connectivity index (χ0) is 8.55. The van der Waals surface area contributed by atoms with Gasteiger partial charge in [-0.05, 0) is 26.0 Å². The molecule has 1 aromatic rings. The first kappa shape index (κ1) is 7.47. The van der Waals surface area contributed by atoms with Gasteiger partial charge in [0, 0.05) is 6.04 Å². The van der Waals surface area contributed by atoms with Gasteiger partial charge in [-0.1, -0.05) is 12.1 Å². The van der Waals surface area contributed by atoms with Gasteiger partial charge in [0.05, 0.1) is 11.4 Å². The number of fused-ring (bicyclic) bond motifs is 1. The third-order valence-electron chi connectivity index (χ3n) is 2.10. The summed E-state index contributed by atoms with van der Waals surface area (Å²) in [6.45, 7) is 6.38. The van der Waals surface area contributed by atoms with Crippen molar-refractivity contribution >= 4 is 11.4 Å². The van der Waals surface area contributed by atoms with Crippen molar-refractivity contribution in [3.05, 3.63) is 30.9 Å². The van der Waals surface area contributed by atoms with Gasteiger partial charge < -0.3 is 10.2 Å². The molecule has 2 nitrogen and oxygen atoms in total. The summed E-state index contributed by atoms with van der Waals surface area (Å²) in [6, 6.07) is 8.85. The van der Waals surface area contributed by atoms with E-state index in [4.69, 9.17) is 0 Å². The van der Waals surface area contributed by atoms with Gasteiger partial charge >= 0.3 is 0 Å². The summed E-state index contributed by atoms with van der Waals surface area (Å²) >= 11 is 0. The summed E-state index contributed by atoms with van der Waals surface area (Å²) in [5.74, 6) is 0. The molecule has 2 heteroatoms. The molecule has 63 valence electrons. The molecular formula is C10H13N2. The summed E-state index contributed by atoms with van der Waals surface area (Å²) in [5.41, 5.74) is 2.47. The SMILES string of the molecule is CC(C)N1[CH]Nc2ccccc21. The van der Waals surface area contributed by atoms with Crippen LogP contribution in [0.25, 0.3) is 0 Å². The maximum absolute atomic E-state index is 3.23. The van der Waals surface area contributed by atoms with E-state index >= 15 is 0 Å². The Labute approximate surface area is 73.2 Å². The van der Waals surface area contributed by atoms with E-state index in [-0.39, 0.29) is 0 Å². The van der Waals surface area contributed by atoms with Gasteiger partial charge in [-0.15, -0.1) is 0 Å². The van der Waals surface area contributed by atoms with Crippen LogP contribution in [0.3, 0.4) is 0 Å². The predicted molar refractivity (Wildman–Crippen MR) is 52.0 cm³/mol. The van der Waals surface area contributed by atoms with Crippen LogP contribution < -0.4 is 10.2 Å². The third kappa shape index (κ3) is 1.04. The van der Waals surface area contributed by atoms with Crippen LogP contribution in [0.4, 0.5) is 11.4 Å². The molecule has 0 spiro atoms. The number of rotatable bonds is 1. The number of anilines is 2. The highest BCUT2D eigenvalue weighted by molar-refractivity contribution is 5.77. The lowest BCUT2D eigenvalue weighted by atomic mass is 10.2. The van der Waals surface area contributed by atoms with Gasteiger partial charge in [-0.3, -0.25) is 0 Å². The quantitative estimate of drug-likeness (QED) is 0.680. The zero-order valence-electron chi connectivity index (χ0n) is 7.41. The number of hydrogen-bond acceptors (Lipinski definition) is 2. The first-order chi connectivity index (χ1) is 5.79. The first-order valence-corrected chi connectivity index (χ1v) is 4.26. The number of benzene rings is 1. The molecule has 0 aliphatic carbocycles. The minimum Gasteiger partial charge on any atom is -0.360 e. The number of para-hydroxylation sites is 2. The average molecular weight is 161 g/mol. The Morgan fingerprint density at radius 3 is 2.75 bits per heavy atom. The average Bonchev–Trinajstić information content (AvgIpc) is 2.47. The monoisotopic (exact) mass is 161 g/mol. The maximum Gasteiger partial charge on any atom is 0.139 e. The van der Waals surface area contributed by atoms with Crippen LogP contribution in [-0.4, -0.2) is 6.04 Å². The molecule has 0 saturated heterocycles. The van der Waals surface area contributed by atoms with Gasteiger partial charge in [-0.25, -0.2) is 0 Å². The third-order valence-corrected chi connectivity index (χ3v) is 2.10. The standard InChI is InChI=1S/C10H13N2/c1-8(2)12-7-11-9-5-3-4-6-10(9)12/h3-8,11H,1-2H3. The van der Waals surface area contributed by atoms with E-state index in [1.807, 2.05) is 12.7 Å². The highest BCUT2D eigenvalue weighted by Gasteiger charge is 2.19. The van der Waals surface area contributed by atoms with Gasteiger partial charge in [0.2, 0.25) is 0 Å². The highest BCUT2D eigenvalue weighted by Crippen LogP contribution is 2.33. The van der Waals surface area contributed by atoms with E-state index in [1.54, 1.807) is 0 Å². The molecule has 0 saturated carbocycles. The van der Waals surface area contributed by atoms with Crippen molar-refractivity contribution in [1.29, 1.82) is 0 Å². The fourth-order valence-corrected chi connectivity index (χ4v) is 1.46. The Bertz CT molecular complexity index is 281. The van der Waals surface area contributed by atoms with Gasteiger partial charge in [-0.2, -0.15) is 0 Å². The summed E-state index contributed by atoms with van der Waals surface area (Å²) in [5, 5.41) is 3.23. The zero-order valence-corrected chi connectivity index (χ0v) is 7.41. The van der Waals surface area contributed by atoms with E-state index in [1.165, 1.54) is 11.4 Å². The minimum absolute atomic E-state index is 0.515. The molecule has 0 bridgehead atoms. The molecule has 1 N–H and O–H groups in total. The summed E-state index contributed by atoms with van der Waals surface area (Å²) in [4.78, 5) is 2.23. The topological polar surface area (TPSA) is 15.3 Å². The maximum atomic E-state index is 3.23. The summed E-state index contributed by atoms with van der Waals surface area (Å²) < 4.78 is 0. The molecule has 0 aromatic heterocycles. The van der Waals surface area contributed by atoms with Crippen molar-refractivity contribution in [2.24, 2.45) is 0 Å². The van der Waals surface area contributed by atoms with E-state index in [0.29, 0.717) is 6.04 Å². The Balaban J connectivity index is 2.36. The lowest BCUT2D eigenvalue weighted by Gasteiger charge is -2.21. The minimum atomic E-state index is 0.515. The van der Waals surface area contributed by atoms with Crippen LogP contribution in [0.2, 0.25) is 0 Å². The Kier molecular flexibility index (Phi) is 1.68. The van der Waals surface area contributed by atoms with E-state index < -0.39 is 0 Å². The number of nitrogens with zero attached hydrogens (tertiary/aromatic N) is 1. The Morgan fingerprint density at radius 1 is 1.25 bits per heavy atom. The molecule has 0 atom stereocenters. The van der Waals surface area contributed by atoms with Crippen molar-refractivity contribution in [2.45, 2.75) is 19.9 Å². The van der Waals surface area contributed by atoms with Gasteiger partial charge in [0.25, 0.3) is 0 Å². The van der Waals surface area contributed by atoms with Crippen molar-refractivity contribution in [2.75, 3.05) is 10.2 Å². The smallest absolute Gasteiger partial charge is 0.139 e. The van der Waals surface area contributed by atoms with Crippen LogP contribution in [0, 0.1) is 6.67 Å². The molecule has 1 aromatic carbocycles. The van der Waals surface area contributed by atoms with Crippen molar-refractivity contribution in [3.8, 4) is 0 Å². The second kappa shape index (κ2) is 2.70. The summed E-state index contributed by atoms with van der Waals surface area (Å²) in [7, 11) is 0. The normalized spacial score (nSPS) is 14.8. The lowest BCUT2D eigenvalue weighted by Crippen LogP contribution is -2.25. The molecule has 1 heterocycles. The van der Waals surface area contributed by atoms with Crippen molar-refractivity contribution in [3.63, 3.8) is 0 Å². The van der Waals surface area contributed by atoms with E-state index in [9.17, 15) is 0 Å². The second-order valence-corrected chi connectivity index (χ2v) is 3.29. The van der Waals surface area contributed by atoms with Crippen molar-refractivity contribution in [1.82, 2.24) is 0 Å². The van der Waals surface area contributed by atoms with Crippen LogP contribution in [-0.2, 0) is 0 Å². The van der Waals surface area contributed by atoms with Gasteiger partial charge in [0.15, 0.2) is 0 Å². The molecule has 0 fully saturated rings. The molecule has 0 unspecified atom stereocenters. The fraction of sp³-hybridized carbons (Fsp3) is 0.300. The van der Waals surface area contributed by atoms with Crippen LogP contribution in [0.15, 0.2) is 24.3 Å².